The average molecular weight is 621 g/mol. The normalized spacial score (nSPS) is 14.4. The van der Waals surface area contributed by atoms with Crippen LogP contribution in [0.5, 0.6) is 0 Å². The highest BCUT2D eigenvalue weighted by atomic mass is 16.1. The number of fused-ring (bicyclic) bond motifs is 1. The number of carbonyl (C=O) groups excluding carboxylic acids is 1. The Labute approximate surface area is 275 Å². The summed E-state index contributed by atoms with van der Waals surface area (Å²) >= 11 is 0. The summed E-state index contributed by atoms with van der Waals surface area (Å²) in [6, 6.07) is 6.32. The van der Waals surface area contributed by atoms with Crippen LogP contribution in [0.1, 0.15) is 110 Å². The van der Waals surface area contributed by atoms with Crippen molar-refractivity contribution in [2.75, 3.05) is 20.1 Å². The van der Waals surface area contributed by atoms with Gasteiger partial charge in [0.2, 0.25) is 0 Å². The number of hydrogen-bond acceptors (Lipinski definition) is 6. The van der Waals surface area contributed by atoms with Gasteiger partial charge in [-0.05, 0) is 107 Å². The summed E-state index contributed by atoms with van der Waals surface area (Å²) in [5, 5.41) is 8.31. The van der Waals surface area contributed by atoms with Gasteiger partial charge in [0.05, 0.1) is 33.8 Å². The van der Waals surface area contributed by atoms with Crippen LogP contribution in [-0.4, -0.2) is 55.8 Å². The summed E-state index contributed by atoms with van der Waals surface area (Å²) in [5.41, 5.74) is 8.14. The van der Waals surface area contributed by atoms with Gasteiger partial charge in [-0.2, -0.15) is 0 Å². The van der Waals surface area contributed by atoms with Crippen molar-refractivity contribution in [1.29, 1.82) is 0 Å². The highest BCUT2D eigenvalue weighted by Crippen LogP contribution is 2.21. The van der Waals surface area contributed by atoms with E-state index in [0.717, 1.165) is 62.6 Å². The van der Waals surface area contributed by atoms with E-state index in [1.165, 1.54) is 28.3 Å². The zero-order chi connectivity index (χ0) is 33.8. The Morgan fingerprint density at radius 3 is 1.71 bits per heavy atom. The molecule has 3 aromatic rings. The summed E-state index contributed by atoms with van der Waals surface area (Å²) in [4.78, 5) is 23.6. The van der Waals surface area contributed by atoms with Gasteiger partial charge in [-0.1, -0.05) is 80.5 Å². The van der Waals surface area contributed by atoms with Crippen molar-refractivity contribution < 1.29 is 4.79 Å². The molecule has 1 aliphatic rings. The quantitative estimate of drug-likeness (QED) is 0.228. The first-order valence-electron chi connectivity index (χ1n) is 17.4. The first kappa shape index (κ1) is 38.5. The number of aromatic nitrogens is 5. The number of nitrogens with zero attached hydrogens (tertiary/aromatic N) is 6. The van der Waals surface area contributed by atoms with Crippen LogP contribution in [0.4, 0.5) is 0 Å². The van der Waals surface area contributed by atoms with Gasteiger partial charge in [0, 0.05) is 18.9 Å². The van der Waals surface area contributed by atoms with Crippen LogP contribution in [0.3, 0.4) is 0 Å². The molecular formula is C38H64N6O. The fourth-order valence-corrected chi connectivity index (χ4v) is 5.70. The predicted molar refractivity (Wildman–Crippen MR) is 190 cm³/mol. The molecular weight excluding hydrogens is 556 g/mol. The van der Waals surface area contributed by atoms with E-state index in [-0.39, 0.29) is 5.92 Å². The van der Waals surface area contributed by atoms with E-state index in [4.69, 9.17) is 9.97 Å². The van der Waals surface area contributed by atoms with Crippen molar-refractivity contribution in [3.63, 3.8) is 0 Å². The zero-order valence-corrected chi connectivity index (χ0v) is 30.9. The lowest BCUT2D eigenvalue weighted by Crippen LogP contribution is -2.34. The first-order chi connectivity index (χ1) is 21.1. The van der Waals surface area contributed by atoms with E-state index in [1.54, 1.807) is 0 Å². The lowest BCUT2D eigenvalue weighted by Gasteiger charge is -2.28. The Bertz CT molecular complexity index is 1320. The Hall–Kier alpha value is -2.67. The molecule has 0 saturated carbocycles. The number of benzene rings is 1. The number of aryl methyl sites for hydroxylation is 2. The lowest BCUT2D eigenvalue weighted by atomic mass is 9.87. The second-order valence-corrected chi connectivity index (χ2v) is 15.2. The van der Waals surface area contributed by atoms with Crippen molar-refractivity contribution in [3.05, 3.63) is 46.5 Å². The Morgan fingerprint density at radius 2 is 1.22 bits per heavy atom. The largest absolute Gasteiger partial charge is 0.306 e. The third kappa shape index (κ3) is 13.3. The summed E-state index contributed by atoms with van der Waals surface area (Å²) in [6.45, 7) is 26.1. The number of likely N-dealkylation sites (tertiary alicyclic amines) is 1. The molecule has 3 heterocycles. The Morgan fingerprint density at radius 1 is 0.733 bits per heavy atom. The van der Waals surface area contributed by atoms with Gasteiger partial charge in [-0.3, -0.25) is 9.48 Å². The van der Waals surface area contributed by atoms with E-state index in [9.17, 15) is 4.79 Å². The Kier molecular flexibility index (Phi) is 15.8. The first-order valence-corrected chi connectivity index (χ1v) is 17.4. The van der Waals surface area contributed by atoms with E-state index in [1.807, 2.05) is 25.6 Å². The lowest BCUT2D eigenvalue weighted by molar-refractivity contribution is -0.127. The SMILES string of the molecule is CC(C)C(=O)C1CCN(C)CC1.CC(C)Cc1nnn(C)c1CC(C)C.Cc1ccc2nc(CC(C)C)c(CC(C)C)nc2c1. The summed E-state index contributed by atoms with van der Waals surface area (Å²) < 4.78 is 1.91. The molecule has 0 N–H and O–H groups in total. The number of Topliss-reactive ketones (excluding diaryl/α,β-unsaturated/α-hetero) is 1. The third-order valence-corrected chi connectivity index (χ3v) is 8.09. The smallest absolute Gasteiger partial charge is 0.138 e. The van der Waals surface area contributed by atoms with Gasteiger partial charge in [0.1, 0.15) is 5.78 Å². The van der Waals surface area contributed by atoms with Crippen LogP contribution in [0.2, 0.25) is 0 Å². The van der Waals surface area contributed by atoms with Crippen molar-refractivity contribution >= 4 is 16.8 Å². The second kappa shape index (κ2) is 18.5. The van der Waals surface area contributed by atoms with Crippen molar-refractivity contribution in [2.45, 2.75) is 115 Å². The molecule has 0 unspecified atom stereocenters. The molecule has 1 saturated heterocycles. The fourth-order valence-electron chi connectivity index (χ4n) is 5.70. The number of carbonyl (C=O) groups is 1. The van der Waals surface area contributed by atoms with Gasteiger partial charge in [0.15, 0.2) is 0 Å². The van der Waals surface area contributed by atoms with Gasteiger partial charge in [0.25, 0.3) is 0 Å². The molecule has 2 aromatic heterocycles. The molecule has 7 nitrogen and oxygen atoms in total. The van der Waals surface area contributed by atoms with Gasteiger partial charge in [-0.15, -0.1) is 5.10 Å². The summed E-state index contributed by atoms with van der Waals surface area (Å²) in [6.07, 6.45) is 6.26. The van der Waals surface area contributed by atoms with Gasteiger partial charge >= 0.3 is 0 Å². The average Bonchev–Trinajstić information content (AvgIpc) is 3.26. The molecule has 0 aliphatic carbocycles. The number of ketones is 1. The van der Waals surface area contributed by atoms with Gasteiger partial charge in [-0.25, -0.2) is 9.97 Å². The molecule has 1 fully saturated rings. The molecule has 0 spiro atoms. The van der Waals surface area contributed by atoms with Crippen LogP contribution < -0.4 is 0 Å². The third-order valence-electron chi connectivity index (χ3n) is 8.09. The molecule has 45 heavy (non-hydrogen) atoms. The van der Waals surface area contributed by atoms with Crippen LogP contribution >= 0.6 is 0 Å². The van der Waals surface area contributed by atoms with E-state index < -0.39 is 0 Å². The molecule has 0 atom stereocenters. The van der Waals surface area contributed by atoms with Crippen LogP contribution in [0.15, 0.2) is 18.2 Å². The standard InChI is InChI=1S/C17H24N2.C11H21N3.C10H19NO/c1-11(2)8-15-16(9-12(3)4)19-17-10-13(5)6-7-14(17)18-15;1-8(2)6-10-11(7-9(3)4)14(5)13-12-10;1-8(2)10(12)9-4-6-11(3)7-5-9/h6-7,10-12H,8-9H2,1-5H3;8-9H,6-7H2,1-5H3;8-9H,4-7H2,1-3H3. The van der Waals surface area contributed by atoms with Crippen molar-refractivity contribution in [2.24, 2.45) is 42.6 Å². The minimum Gasteiger partial charge on any atom is -0.306 e. The minimum atomic E-state index is 0.221. The monoisotopic (exact) mass is 621 g/mol. The molecule has 7 heteroatoms. The molecule has 4 rings (SSSR count). The molecule has 1 aromatic carbocycles. The van der Waals surface area contributed by atoms with Crippen LogP contribution in [-0.2, 0) is 37.5 Å². The topological polar surface area (TPSA) is 76.8 Å². The van der Waals surface area contributed by atoms with E-state index in [2.05, 4.69) is 103 Å². The van der Waals surface area contributed by atoms with E-state index >= 15 is 0 Å². The van der Waals surface area contributed by atoms with E-state index in [0.29, 0.717) is 35.4 Å². The molecule has 0 radical (unpaired) electrons. The van der Waals surface area contributed by atoms with Crippen molar-refractivity contribution in [1.82, 2.24) is 29.9 Å². The molecule has 0 amide bonds. The van der Waals surface area contributed by atoms with Gasteiger partial charge < -0.3 is 4.90 Å². The zero-order valence-electron chi connectivity index (χ0n) is 30.9. The molecule has 252 valence electrons. The highest BCUT2D eigenvalue weighted by molar-refractivity contribution is 5.82. The molecule has 1 aliphatic heterocycles. The molecule has 0 bridgehead atoms. The van der Waals surface area contributed by atoms with Crippen LogP contribution in [0, 0.1) is 42.4 Å². The minimum absolute atomic E-state index is 0.221. The summed E-state index contributed by atoms with van der Waals surface area (Å²) in [5.74, 6) is 3.57. The maximum atomic E-state index is 11.6. The summed E-state index contributed by atoms with van der Waals surface area (Å²) in [7, 11) is 4.10. The maximum Gasteiger partial charge on any atom is 0.138 e. The highest BCUT2D eigenvalue weighted by Gasteiger charge is 2.24. The van der Waals surface area contributed by atoms with Crippen LogP contribution in [0.25, 0.3) is 11.0 Å². The number of hydrogen-bond donors (Lipinski definition) is 0. The number of rotatable bonds is 10. The Balaban J connectivity index is 0.000000243. The second-order valence-electron chi connectivity index (χ2n) is 15.2. The number of piperidine rings is 1. The fraction of sp³-hybridized carbons (Fsp3) is 0.711. The predicted octanol–water partition coefficient (Wildman–Crippen LogP) is 8.10. The van der Waals surface area contributed by atoms with Crippen molar-refractivity contribution in [3.8, 4) is 0 Å². The maximum absolute atomic E-state index is 11.6.